The van der Waals surface area contributed by atoms with E-state index in [1.54, 1.807) is 4.68 Å². The molecule has 3 aliphatic rings. The summed E-state index contributed by atoms with van der Waals surface area (Å²) < 4.78 is 9.31. The molecular weight excluding hydrogens is 881 g/mol. The minimum atomic E-state index is -1.13. The Morgan fingerprint density at radius 1 is 0.897 bits per heavy atom. The van der Waals surface area contributed by atoms with Crippen LogP contribution >= 0.6 is 11.3 Å². The summed E-state index contributed by atoms with van der Waals surface area (Å²) in [5.41, 5.74) is 7.49. The normalized spacial score (nSPS) is 19.3. The van der Waals surface area contributed by atoms with Crippen LogP contribution in [0.2, 0.25) is 0 Å². The Bertz CT molecular complexity index is 3070. The molecule has 1 aliphatic carbocycles. The molecule has 5 N–H and O–H groups in total. The van der Waals surface area contributed by atoms with Crippen LogP contribution in [0.4, 0.5) is 16.6 Å². The summed E-state index contributed by atoms with van der Waals surface area (Å²) in [6, 6.07) is 28.5. The summed E-state index contributed by atoms with van der Waals surface area (Å²) in [5.74, 6) is -0.493. The first kappa shape index (κ1) is 44.7. The number of benzene rings is 4. The Hall–Kier alpha value is -7.17. The van der Waals surface area contributed by atoms with Gasteiger partial charge in [0.25, 0.3) is 5.91 Å². The number of aromatic carboxylic acids is 1. The minimum Gasteiger partial charge on any atom is -0.490 e. The highest BCUT2D eigenvalue weighted by atomic mass is 32.1. The number of nitrogens with one attached hydrogen (secondary N) is 3. The number of piperidine rings is 1. The maximum Gasteiger partial charge on any atom is 0.355 e. The number of nitrogens with zero attached hydrogens (tertiary/aromatic N) is 5. The van der Waals surface area contributed by atoms with Gasteiger partial charge in [0.05, 0.1) is 33.4 Å². The topological polar surface area (TPSA) is 201 Å². The zero-order chi connectivity index (χ0) is 47.1. The number of aliphatic hydroxyl groups is 1. The second kappa shape index (κ2) is 18.8. The van der Waals surface area contributed by atoms with E-state index in [2.05, 4.69) is 26.0 Å². The number of ether oxygens (including phenoxy) is 1. The van der Waals surface area contributed by atoms with E-state index in [-0.39, 0.29) is 29.5 Å². The molecule has 7 aromatic rings. The monoisotopic (exact) mass is 932 g/mol. The van der Waals surface area contributed by atoms with Crippen molar-refractivity contribution in [2.24, 2.45) is 13.0 Å². The SMILES string of the molecule is Cc1c(O[C@H]2CC[C@H](CCC(=O)Nc3ccc4c(C5CCC(O)NC5=O)nn(C)c4c3)CC2)cccc1-c1ccc(N2CCc3cccc(C(=O)Nc4nc5ccccc5s4)c3C2)nc1C(=O)O. The van der Waals surface area contributed by atoms with Crippen molar-refractivity contribution < 1.29 is 34.1 Å². The van der Waals surface area contributed by atoms with Crippen LogP contribution in [0, 0.1) is 12.8 Å². The number of amides is 3. The molecule has 0 bridgehead atoms. The molecule has 68 heavy (non-hydrogen) atoms. The van der Waals surface area contributed by atoms with E-state index >= 15 is 0 Å². The molecule has 10 rings (SSSR count). The van der Waals surface area contributed by atoms with Crippen molar-refractivity contribution in [2.45, 2.75) is 89.5 Å². The first-order valence-electron chi connectivity index (χ1n) is 23.2. The zero-order valence-corrected chi connectivity index (χ0v) is 38.6. The molecule has 348 valence electrons. The van der Waals surface area contributed by atoms with Gasteiger partial charge < -0.3 is 30.5 Å². The number of aryl methyl sites for hydroxylation is 1. The molecule has 16 heteroatoms. The first-order valence-corrected chi connectivity index (χ1v) is 24.1. The van der Waals surface area contributed by atoms with Gasteiger partial charge in [-0.15, -0.1) is 0 Å². The molecule has 2 atom stereocenters. The third kappa shape index (κ3) is 9.13. The minimum absolute atomic E-state index is 0.0103. The Morgan fingerprint density at radius 3 is 2.53 bits per heavy atom. The Morgan fingerprint density at radius 2 is 1.72 bits per heavy atom. The van der Waals surface area contributed by atoms with Crippen molar-refractivity contribution in [1.29, 1.82) is 0 Å². The second-order valence-electron chi connectivity index (χ2n) is 18.1. The quantitative estimate of drug-likeness (QED) is 0.0785. The molecule has 15 nitrogen and oxygen atoms in total. The Kier molecular flexibility index (Phi) is 12.4. The highest BCUT2D eigenvalue weighted by Gasteiger charge is 2.32. The van der Waals surface area contributed by atoms with Crippen molar-refractivity contribution in [3.8, 4) is 16.9 Å². The van der Waals surface area contributed by atoms with E-state index in [1.807, 2.05) is 110 Å². The lowest BCUT2D eigenvalue weighted by Crippen LogP contribution is -2.42. The van der Waals surface area contributed by atoms with Gasteiger partial charge in [-0.25, -0.2) is 14.8 Å². The molecule has 3 amide bonds. The van der Waals surface area contributed by atoms with E-state index in [0.29, 0.717) is 83.9 Å². The van der Waals surface area contributed by atoms with Gasteiger partial charge in [0, 0.05) is 48.8 Å². The van der Waals surface area contributed by atoms with Crippen LogP contribution in [0.5, 0.6) is 5.75 Å². The van der Waals surface area contributed by atoms with Gasteiger partial charge in [-0.05, 0) is 141 Å². The summed E-state index contributed by atoms with van der Waals surface area (Å²) in [6.45, 7) is 2.95. The highest BCUT2D eigenvalue weighted by molar-refractivity contribution is 7.22. The number of hydrogen-bond acceptors (Lipinski definition) is 11. The molecule has 0 radical (unpaired) electrons. The van der Waals surface area contributed by atoms with Crippen molar-refractivity contribution >= 4 is 72.8 Å². The summed E-state index contributed by atoms with van der Waals surface area (Å²) in [7, 11) is 1.82. The van der Waals surface area contributed by atoms with Crippen LogP contribution in [-0.2, 0) is 29.6 Å². The number of aliphatic hydroxyl groups excluding tert-OH is 1. The predicted octanol–water partition coefficient (Wildman–Crippen LogP) is 8.74. The van der Waals surface area contributed by atoms with Gasteiger partial charge in [-0.1, -0.05) is 47.7 Å². The maximum absolute atomic E-state index is 13.6. The number of carbonyl (C=O) groups excluding carboxylic acids is 3. The lowest BCUT2D eigenvalue weighted by molar-refractivity contribution is -0.128. The van der Waals surface area contributed by atoms with Crippen LogP contribution in [0.25, 0.3) is 32.2 Å². The first-order chi connectivity index (χ1) is 32.9. The van der Waals surface area contributed by atoms with Gasteiger partial charge in [0.15, 0.2) is 10.8 Å². The summed E-state index contributed by atoms with van der Waals surface area (Å²) >= 11 is 1.43. The maximum atomic E-state index is 13.6. The van der Waals surface area contributed by atoms with E-state index in [4.69, 9.17) is 9.72 Å². The van der Waals surface area contributed by atoms with Crippen LogP contribution in [0.15, 0.2) is 91.0 Å². The molecule has 2 fully saturated rings. The predicted molar refractivity (Wildman–Crippen MR) is 261 cm³/mol. The van der Waals surface area contributed by atoms with Crippen LogP contribution in [0.1, 0.15) is 101 Å². The number of thiazole rings is 1. The highest BCUT2D eigenvalue weighted by Crippen LogP contribution is 2.38. The Labute approximate surface area is 396 Å². The van der Waals surface area contributed by atoms with E-state index in [9.17, 15) is 29.4 Å². The largest absolute Gasteiger partial charge is 0.490 e. The lowest BCUT2D eigenvalue weighted by Gasteiger charge is -2.31. The third-order valence-corrected chi connectivity index (χ3v) is 14.7. The standard InChI is InChI=1S/C52H52N8O7S/c1-29-34(35-20-22-44(55-48(35)51(65)66)60-26-25-31-7-5-9-36(39(31)28-60)49(63)57-52-54-40-10-3-4-12-43(40)68-52)8-6-11-42(29)67-33-17-13-30(14-18-33)15-23-45(61)53-32-16-19-37-41(27-32)59(2)58-47(37)38-21-24-46(62)56-50(38)64/h3-12,16,19-20,22,27,30,33,38,46,62H,13-15,17-18,21,23-26,28H2,1-2H3,(H,53,61)(H,56,64)(H,65,66)(H,54,57,63)/t30-,33-,38?,46?. The number of hydrogen-bond donors (Lipinski definition) is 5. The molecule has 4 aromatic carbocycles. The average molecular weight is 933 g/mol. The molecule has 2 aliphatic heterocycles. The number of carboxylic acids is 1. The van der Waals surface area contributed by atoms with Gasteiger partial charge in [-0.3, -0.25) is 24.4 Å². The van der Waals surface area contributed by atoms with Crippen molar-refractivity contribution in [3.63, 3.8) is 0 Å². The van der Waals surface area contributed by atoms with Gasteiger partial charge in [0.2, 0.25) is 11.8 Å². The molecule has 5 heterocycles. The number of anilines is 3. The van der Waals surface area contributed by atoms with E-state index in [1.165, 1.54) is 11.3 Å². The van der Waals surface area contributed by atoms with Crippen LogP contribution in [0.3, 0.4) is 0 Å². The van der Waals surface area contributed by atoms with Crippen LogP contribution < -0.4 is 25.6 Å². The molecule has 1 saturated heterocycles. The summed E-state index contributed by atoms with van der Waals surface area (Å²) in [4.78, 5) is 63.5. The van der Waals surface area contributed by atoms with Gasteiger partial charge >= 0.3 is 5.97 Å². The van der Waals surface area contributed by atoms with E-state index < -0.39 is 18.1 Å². The number of para-hydroxylation sites is 1. The fourth-order valence-corrected chi connectivity index (χ4v) is 10.9. The van der Waals surface area contributed by atoms with Crippen LogP contribution in [-0.4, -0.2) is 72.5 Å². The van der Waals surface area contributed by atoms with E-state index in [0.717, 1.165) is 75.5 Å². The number of pyridine rings is 1. The zero-order valence-electron chi connectivity index (χ0n) is 37.8. The van der Waals surface area contributed by atoms with Crippen molar-refractivity contribution in [1.82, 2.24) is 25.1 Å². The van der Waals surface area contributed by atoms with Gasteiger partial charge in [0.1, 0.15) is 17.8 Å². The smallest absolute Gasteiger partial charge is 0.355 e. The lowest BCUT2D eigenvalue weighted by atomic mass is 9.84. The second-order valence-corrected chi connectivity index (χ2v) is 19.1. The number of carbonyl (C=O) groups is 4. The van der Waals surface area contributed by atoms with Crippen molar-refractivity contribution in [3.05, 3.63) is 125 Å². The fraction of sp³-hybridized carbons (Fsp3) is 0.327. The third-order valence-electron chi connectivity index (χ3n) is 13.7. The molecular formula is C52H52N8O7S. The number of carboxylic acid groups (broad SMARTS) is 1. The fourth-order valence-electron chi connectivity index (χ4n) is 10.1. The number of rotatable bonds is 12. The molecule has 2 unspecified atom stereocenters. The van der Waals surface area contributed by atoms with Gasteiger partial charge in [-0.2, -0.15) is 5.10 Å². The Balaban J connectivity index is 0.748. The van der Waals surface area contributed by atoms with Crippen molar-refractivity contribution in [2.75, 3.05) is 22.1 Å². The molecule has 3 aromatic heterocycles. The average Bonchev–Trinajstić information content (AvgIpc) is 3.90. The molecule has 0 spiro atoms. The summed E-state index contributed by atoms with van der Waals surface area (Å²) in [5, 5.41) is 35.0. The number of aromatic nitrogens is 4. The molecule has 1 saturated carbocycles. The summed E-state index contributed by atoms with van der Waals surface area (Å²) in [6.07, 6.45) is 5.51. The number of fused-ring (bicyclic) bond motifs is 3.